The molecule has 0 bridgehead atoms. The summed E-state index contributed by atoms with van der Waals surface area (Å²) in [6, 6.07) is 8.84. The lowest BCUT2D eigenvalue weighted by Gasteiger charge is -2.08. The van der Waals surface area contributed by atoms with E-state index in [9.17, 15) is 4.79 Å². The summed E-state index contributed by atoms with van der Waals surface area (Å²) in [6.07, 6.45) is 2.13. The van der Waals surface area contributed by atoms with Gasteiger partial charge in [-0.05, 0) is 18.6 Å². The number of benzene rings is 1. The van der Waals surface area contributed by atoms with Gasteiger partial charge in [0.2, 0.25) is 0 Å². The van der Waals surface area contributed by atoms with E-state index in [1.165, 1.54) is 0 Å². The number of rotatable bonds is 9. The maximum atomic E-state index is 11.5. The fraction of sp³-hybridized carbons (Fsp3) is 0.467. The molecule has 0 aliphatic carbocycles. The Balaban J connectivity index is 2.18. The molecule has 20 heavy (non-hydrogen) atoms. The Morgan fingerprint density at radius 3 is 2.90 bits per heavy atom. The zero-order valence-corrected chi connectivity index (χ0v) is 11.7. The first-order chi connectivity index (χ1) is 9.77. The molecule has 1 N–H and O–H groups in total. The number of hydrogen-bond acceptors (Lipinski definition) is 4. The second kappa shape index (κ2) is 9.82. The molecule has 5 heteroatoms. The highest BCUT2D eigenvalue weighted by atomic mass is 16.5. The van der Waals surface area contributed by atoms with Crippen LogP contribution in [-0.4, -0.2) is 32.3 Å². The lowest BCUT2D eigenvalue weighted by molar-refractivity contribution is -0.123. The van der Waals surface area contributed by atoms with Crippen molar-refractivity contribution in [1.82, 2.24) is 5.32 Å². The minimum atomic E-state index is -0.225. The van der Waals surface area contributed by atoms with Gasteiger partial charge in [-0.3, -0.25) is 4.79 Å². The average Bonchev–Trinajstić information content (AvgIpc) is 2.49. The lowest BCUT2D eigenvalue weighted by Crippen LogP contribution is -2.31. The molecule has 108 valence electrons. The molecular formula is C15H20N2O3. The summed E-state index contributed by atoms with van der Waals surface area (Å²) >= 11 is 0. The van der Waals surface area contributed by atoms with E-state index >= 15 is 0 Å². The molecule has 0 fully saturated rings. The zero-order valence-electron chi connectivity index (χ0n) is 11.7. The average molecular weight is 276 g/mol. The summed E-state index contributed by atoms with van der Waals surface area (Å²) < 4.78 is 10.6. The van der Waals surface area contributed by atoms with Crippen LogP contribution in [0, 0.1) is 11.3 Å². The van der Waals surface area contributed by atoms with Gasteiger partial charge in [-0.15, -0.1) is 0 Å². The van der Waals surface area contributed by atoms with Crippen molar-refractivity contribution >= 4 is 5.91 Å². The molecule has 1 aromatic rings. The minimum Gasteiger partial charge on any atom is -0.482 e. The monoisotopic (exact) mass is 276 g/mol. The molecule has 0 radical (unpaired) electrons. The fourth-order valence-electron chi connectivity index (χ4n) is 1.49. The van der Waals surface area contributed by atoms with E-state index in [1.807, 2.05) is 6.07 Å². The number of carbonyl (C=O) groups is 1. The van der Waals surface area contributed by atoms with Crippen molar-refractivity contribution in [2.24, 2.45) is 0 Å². The molecule has 1 rings (SSSR count). The number of para-hydroxylation sites is 1. The summed E-state index contributed by atoms with van der Waals surface area (Å²) in [4.78, 5) is 11.5. The van der Waals surface area contributed by atoms with Crippen LogP contribution in [0.1, 0.15) is 25.3 Å². The number of nitrogens with zero attached hydrogens (tertiary/aromatic N) is 1. The Bertz CT molecular complexity index is 455. The van der Waals surface area contributed by atoms with Crippen molar-refractivity contribution in [3.8, 4) is 11.8 Å². The van der Waals surface area contributed by atoms with Crippen LogP contribution in [-0.2, 0) is 9.53 Å². The second-order valence-corrected chi connectivity index (χ2v) is 4.21. The summed E-state index contributed by atoms with van der Waals surface area (Å²) in [5.41, 5.74) is 0.420. The second-order valence-electron chi connectivity index (χ2n) is 4.21. The molecule has 0 aliphatic rings. The van der Waals surface area contributed by atoms with E-state index in [0.717, 1.165) is 19.4 Å². The number of unbranched alkanes of at least 4 members (excludes halogenated alkanes) is 1. The van der Waals surface area contributed by atoms with E-state index < -0.39 is 0 Å². The lowest BCUT2D eigenvalue weighted by atomic mass is 10.2. The highest BCUT2D eigenvalue weighted by Gasteiger charge is 2.05. The van der Waals surface area contributed by atoms with Crippen LogP contribution >= 0.6 is 0 Å². The first-order valence-electron chi connectivity index (χ1n) is 6.74. The third-order valence-corrected chi connectivity index (χ3v) is 2.58. The van der Waals surface area contributed by atoms with Crippen LogP contribution in [0.4, 0.5) is 0 Å². The van der Waals surface area contributed by atoms with Crippen LogP contribution in [0.15, 0.2) is 24.3 Å². The van der Waals surface area contributed by atoms with Crippen LogP contribution in [0.3, 0.4) is 0 Å². The quantitative estimate of drug-likeness (QED) is 0.699. The molecule has 0 aromatic heterocycles. The zero-order chi connectivity index (χ0) is 14.6. The van der Waals surface area contributed by atoms with Gasteiger partial charge in [0, 0.05) is 13.2 Å². The van der Waals surface area contributed by atoms with Crippen LogP contribution in [0.2, 0.25) is 0 Å². The number of ether oxygens (including phenoxy) is 2. The fourth-order valence-corrected chi connectivity index (χ4v) is 1.49. The maximum absolute atomic E-state index is 11.5. The molecule has 0 atom stereocenters. The highest BCUT2D eigenvalue weighted by Crippen LogP contribution is 2.15. The predicted octanol–water partition coefficient (Wildman–Crippen LogP) is 1.87. The summed E-state index contributed by atoms with van der Waals surface area (Å²) in [6.45, 7) is 3.68. The molecule has 0 aliphatic heterocycles. The number of hydrogen-bond donors (Lipinski definition) is 1. The van der Waals surface area contributed by atoms with Gasteiger partial charge < -0.3 is 14.8 Å². The molecule has 5 nitrogen and oxygen atoms in total. The van der Waals surface area contributed by atoms with Crippen molar-refractivity contribution in [1.29, 1.82) is 5.26 Å². The van der Waals surface area contributed by atoms with Crippen molar-refractivity contribution in [3.05, 3.63) is 29.8 Å². The first-order valence-corrected chi connectivity index (χ1v) is 6.74. The van der Waals surface area contributed by atoms with E-state index in [2.05, 4.69) is 12.2 Å². The number of amides is 1. The summed E-state index contributed by atoms with van der Waals surface area (Å²) in [5.74, 6) is 0.196. The van der Waals surface area contributed by atoms with Crippen LogP contribution in [0.5, 0.6) is 5.75 Å². The Hall–Kier alpha value is -2.06. The molecule has 0 saturated heterocycles. The number of carbonyl (C=O) groups excluding carboxylic acids is 1. The van der Waals surface area contributed by atoms with Crippen LogP contribution < -0.4 is 10.1 Å². The molecule has 0 heterocycles. The molecule has 0 saturated carbocycles. The SMILES string of the molecule is CCCCOCCNC(=O)COc1ccccc1C#N. The Labute approximate surface area is 119 Å². The van der Waals surface area contributed by atoms with E-state index in [4.69, 9.17) is 14.7 Å². The molecule has 1 amide bonds. The van der Waals surface area contributed by atoms with Gasteiger partial charge in [-0.25, -0.2) is 0 Å². The summed E-state index contributed by atoms with van der Waals surface area (Å²) in [5, 5.41) is 11.6. The standard InChI is InChI=1S/C15H20N2O3/c1-2-3-9-19-10-8-17-15(18)12-20-14-7-5-4-6-13(14)11-16/h4-7H,2-3,8-10,12H2,1H3,(H,17,18). The van der Waals surface area contributed by atoms with Gasteiger partial charge in [0.05, 0.1) is 12.2 Å². The third kappa shape index (κ3) is 6.21. The van der Waals surface area contributed by atoms with Gasteiger partial charge in [0.1, 0.15) is 11.8 Å². The van der Waals surface area contributed by atoms with Gasteiger partial charge in [0.25, 0.3) is 5.91 Å². The Morgan fingerprint density at radius 1 is 1.35 bits per heavy atom. The number of nitrogens with one attached hydrogen (secondary N) is 1. The minimum absolute atomic E-state index is 0.104. The normalized spacial score (nSPS) is 9.80. The Morgan fingerprint density at radius 2 is 2.15 bits per heavy atom. The van der Waals surface area contributed by atoms with Gasteiger partial charge >= 0.3 is 0 Å². The maximum Gasteiger partial charge on any atom is 0.258 e. The molecular weight excluding hydrogens is 256 g/mol. The first kappa shape index (κ1) is 16.0. The predicted molar refractivity (Wildman–Crippen MR) is 75.4 cm³/mol. The van der Waals surface area contributed by atoms with Gasteiger partial charge in [-0.2, -0.15) is 5.26 Å². The Kier molecular flexibility index (Phi) is 7.85. The highest BCUT2D eigenvalue weighted by molar-refractivity contribution is 5.77. The van der Waals surface area contributed by atoms with Crippen molar-refractivity contribution in [3.63, 3.8) is 0 Å². The third-order valence-electron chi connectivity index (χ3n) is 2.58. The van der Waals surface area contributed by atoms with Crippen molar-refractivity contribution in [2.75, 3.05) is 26.4 Å². The molecule has 0 spiro atoms. The molecule has 1 aromatic carbocycles. The molecule has 0 unspecified atom stereocenters. The van der Waals surface area contributed by atoms with E-state index in [0.29, 0.717) is 24.5 Å². The largest absolute Gasteiger partial charge is 0.482 e. The van der Waals surface area contributed by atoms with Gasteiger partial charge in [-0.1, -0.05) is 25.5 Å². The van der Waals surface area contributed by atoms with Crippen molar-refractivity contribution < 1.29 is 14.3 Å². The van der Waals surface area contributed by atoms with Gasteiger partial charge in [0.15, 0.2) is 6.61 Å². The van der Waals surface area contributed by atoms with Crippen LogP contribution in [0.25, 0.3) is 0 Å². The smallest absolute Gasteiger partial charge is 0.258 e. The summed E-state index contributed by atoms with van der Waals surface area (Å²) in [7, 11) is 0. The topological polar surface area (TPSA) is 71.3 Å². The van der Waals surface area contributed by atoms with Crippen molar-refractivity contribution in [2.45, 2.75) is 19.8 Å². The number of nitriles is 1. The van der Waals surface area contributed by atoms with E-state index in [-0.39, 0.29) is 12.5 Å². The van der Waals surface area contributed by atoms with E-state index in [1.54, 1.807) is 24.3 Å².